The summed E-state index contributed by atoms with van der Waals surface area (Å²) in [4.78, 5) is 0. The first kappa shape index (κ1) is 14.3. The molecule has 0 aliphatic carbocycles. The van der Waals surface area contributed by atoms with Gasteiger partial charge in [0, 0.05) is 0 Å². The highest BCUT2D eigenvalue weighted by atomic mass is 19.1. The predicted molar refractivity (Wildman–Crippen MR) is 84.1 cm³/mol. The minimum atomic E-state index is -0.198. The molecule has 0 atom stereocenters. The molecule has 2 aromatic rings. The van der Waals surface area contributed by atoms with E-state index in [0.29, 0.717) is 0 Å². The predicted octanol–water partition coefficient (Wildman–Crippen LogP) is 5.56. The summed E-state index contributed by atoms with van der Waals surface area (Å²) in [5, 5.41) is 0. The van der Waals surface area contributed by atoms with E-state index in [1.54, 1.807) is 0 Å². The quantitative estimate of drug-likeness (QED) is 0.601. The second-order valence-corrected chi connectivity index (χ2v) is 4.74. The Balaban J connectivity index is 1.96. The first-order chi connectivity index (χ1) is 9.79. The largest absolute Gasteiger partial charge is 0.207 e. The molecule has 0 aliphatic rings. The van der Waals surface area contributed by atoms with Gasteiger partial charge < -0.3 is 0 Å². The Hall–Kier alpha value is -2.15. The van der Waals surface area contributed by atoms with Gasteiger partial charge in [0.05, 0.1) is 0 Å². The Labute approximate surface area is 120 Å². The zero-order chi connectivity index (χ0) is 14.2. The molecule has 0 N–H and O–H groups in total. The maximum Gasteiger partial charge on any atom is 0.123 e. The number of aryl methyl sites for hydroxylation is 1. The number of halogens is 1. The molecule has 0 nitrogen and oxygen atoms in total. The lowest BCUT2D eigenvalue weighted by Gasteiger charge is -2.04. The van der Waals surface area contributed by atoms with Gasteiger partial charge in [0.25, 0.3) is 0 Å². The highest BCUT2D eigenvalue weighted by Gasteiger charge is 1.98. The van der Waals surface area contributed by atoms with Gasteiger partial charge in [-0.15, -0.1) is 6.58 Å². The third kappa shape index (κ3) is 4.20. The average molecular weight is 266 g/mol. The van der Waals surface area contributed by atoms with Crippen LogP contribution in [0.2, 0.25) is 0 Å². The molecule has 20 heavy (non-hydrogen) atoms. The van der Waals surface area contributed by atoms with E-state index in [-0.39, 0.29) is 5.82 Å². The number of hydrogen-bond acceptors (Lipinski definition) is 0. The van der Waals surface area contributed by atoms with Crippen LogP contribution in [0.1, 0.15) is 18.4 Å². The van der Waals surface area contributed by atoms with E-state index >= 15 is 0 Å². The number of benzene rings is 2. The molecule has 0 spiro atoms. The van der Waals surface area contributed by atoms with Crippen molar-refractivity contribution in [2.24, 2.45) is 0 Å². The van der Waals surface area contributed by atoms with Crippen molar-refractivity contribution in [3.8, 4) is 11.1 Å². The minimum absolute atomic E-state index is 0.198. The third-order valence-electron chi connectivity index (χ3n) is 3.20. The van der Waals surface area contributed by atoms with Gasteiger partial charge in [-0.3, -0.25) is 0 Å². The number of rotatable bonds is 6. The molecule has 102 valence electrons. The smallest absolute Gasteiger partial charge is 0.123 e. The van der Waals surface area contributed by atoms with Crippen LogP contribution in [0.3, 0.4) is 0 Å². The van der Waals surface area contributed by atoms with Crippen LogP contribution in [0.4, 0.5) is 4.39 Å². The summed E-state index contributed by atoms with van der Waals surface area (Å²) in [6, 6.07) is 15.1. The molecular formula is C19H19F. The van der Waals surface area contributed by atoms with Crippen molar-refractivity contribution in [2.75, 3.05) is 0 Å². The van der Waals surface area contributed by atoms with E-state index in [4.69, 9.17) is 0 Å². The first-order valence-electron chi connectivity index (χ1n) is 6.90. The normalized spacial score (nSPS) is 10.8. The van der Waals surface area contributed by atoms with Gasteiger partial charge in [-0.1, -0.05) is 54.6 Å². The molecule has 1 heteroatoms. The molecular weight excluding hydrogens is 247 g/mol. The Morgan fingerprint density at radius 1 is 0.850 bits per heavy atom. The highest BCUT2D eigenvalue weighted by Crippen LogP contribution is 2.20. The molecule has 0 aliphatic heterocycles. The molecule has 0 saturated heterocycles. The minimum Gasteiger partial charge on any atom is -0.207 e. The first-order valence-corrected chi connectivity index (χ1v) is 6.90. The van der Waals surface area contributed by atoms with Crippen molar-refractivity contribution in [1.29, 1.82) is 0 Å². The molecule has 0 saturated carbocycles. The van der Waals surface area contributed by atoms with E-state index < -0.39 is 0 Å². The molecule has 0 amide bonds. The van der Waals surface area contributed by atoms with Crippen LogP contribution in [0.5, 0.6) is 0 Å². The van der Waals surface area contributed by atoms with E-state index in [9.17, 15) is 4.39 Å². The molecule has 0 fully saturated rings. The van der Waals surface area contributed by atoms with Crippen molar-refractivity contribution < 1.29 is 4.39 Å². The lowest BCUT2D eigenvalue weighted by molar-refractivity contribution is 0.628. The summed E-state index contributed by atoms with van der Waals surface area (Å²) >= 11 is 0. The zero-order valence-corrected chi connectivity index (χ0v) is 11.6. The molecule has 2 rings (SSSR count). The molecule has 2 aromatic carbocycles. The van der Waals surface area contributed by atoms with Gasteiger partial charge in [0.1, 0.15) is 5.82 Å². The second kappa shape index (κ2) is 7.44. The summed E-state index contributed by atoms with van der Waals surface area (Å²) in [5.74, 6) is -0.198. The van der Waals surface area contributed by atoms with Gasteiger partial charge in [0.15, 0.2) is 0 Å². The van der Waals surface area contributed by atoms with Crippen molar-refractivity contribution >= 4 is 0 Å². The van der Waals surface area contributed by atoms with Crippen LogP contribution in [0, 0.1) is 5.82 Å². The van der Waals surface area contributed by atoms with Crippen LogP contribution in [-0.4, -0.2) is 0 Å². The monoisotopic (exact) mass is 266 g/mol. The topological polar surface area (TPSA) is 0 Å². The van der Waals surface area contributed by atoms with Crippen LogP contribution >= 0.6 is 0 Å². The van der Waals surface area contributed by atoms with Crippen molar-refractivity contribution in [3.63, 3.8) is 0 Å². The van der Waals surface area contributed by atoms with Crippen LogP contribution in [0.25, 0.3) is 11.1 Å². The summed E-state index contributed by atoms with van der Waals surface area (Å²) in [6.45, 7) is 3.69. The fraction of sp³-hybridized carbons (Fsp3) is 0.158. The lowest BCUT2D eigenvalue weighted by atomic mass is 10.0. The van der Waals surface area contributed by atoms with Crippen molar-refractivity contribution in [3.05, 3.63) is 84.7 Å². The number of allylic oxidation sites excluding steroid dienone is 3. The molecule has 0 radical (unpaired) electrons. The third-order valence-corrected chi connectivity index (χ3v) is 3.20. The van der Waals surface area contributed by atoms with Crippen LogP contribution in [0.15, 0.2) is 73.3 Å². The van der Waals surface area contributed by atoms with E-state index in [1.165, 1.54) is 17.7 Å². The molecule has 0 aromatic heterocycles. The van der Waals surface area contributed by atoms with Gasteiger partial charge >= 0.3 is 0 Å². The Bertz CT molecular complexity index is 562. The number of hydrogen-bond donors (Lipinski definition) is 0. The SMILES string of the molecule is C=CC/C=C/CCc1ccc(-c2ccc(F)cc2)cc1. The van der Waals surface area contributed by atoms with Gasteiger partial charge in [-0.05, 0) is 48.1 Å². The highest BCUT2D eigenvalue weighted by molar-refractivity contribution is 5.63. The Morgan fingerprint density at radius 3 is 2.05 bits per heavy atom. The Morgan fingerprint density at radius 2 is 1.45 bits per heavy atom. The van der Waals surface area contributed by atoms with Crippen LogP contribution in [-0.2, 0) is 6.42 Å². The average Bonchev–Trinajstić information content (AvgIpc) is 2.49. The van der Waals surface area contributed by atoms with E-state index in [1.807, 2.05) is 18.2 Å². The summed E-state index contributed by atoms with van der Waals surface area (Å²) in [6.07, 6.45) is 9.24. The Kier molecular flexibility index (Phi) is 5.31. The zero-order valence-electron chi connectivity index (χ0n) is 11.6. The molecule has 0 heterocycles. The summed E-state index contributed by atoms with van der Waals surface area (Å²) < 4.78 is 12.9. The lowest BCUT2D eigenvalue weighted by Crippen LogP contribution is -1.84. The van der Waals surface area contributed by atoms with Gasteiger partial charge in [-0.2, -0.15) is 0 Å². The van der Waals surface area contributed by atoms with Gasteiger partial charge in [0.2, 0.25) is 0 Å². The molecule has 0 bridgehead atoms. The maximum atomic E-state index is 12.9. The van der Waals surface area contributed by atoms with E-state index in [0.717, 1.165) is 30.4 Å². The van der Waals surface area contributed by atoms with Crippen molar-refractivity contribution in [2.45, 2.75) is 19.3 Å². The summed E-state index contributed by atoms with van der Waals surface area (Å²) in [7, 11) is 0. The fourth-order valence-electron chi connectivity index (χ4n) is 2.07. The second-order valence-electron chi connectivity index (χ2n) is 4.74. The van der Waals surface area contributed by atoms with Crippen LogP contribution < -0.4 is 0 Å². The standard InChI is InChI=1S/C19H19F/c1-2-3-4-5-6-7-16-8-10-17(11-9-16)18-12-14-19(20)15-13-18/h2,4-5,8-15H,1,3,6-7H2/b5-4+. The van der Waals surface area contributed by atoms with E-state index in [2.05, 4.69) is 43.0 Å². The molecule has 0 unspecified atom stereocenters. The summed E-state index contributed by atoms with van der Waals surface area (Å²) in [5.41, 5.74) is 3.49. The fourth-order valence-corrected chi connectivity index (χ4v) is 2.07. The van der Waals surface area contributed by atoms with Crippen molar-refractivity contribution in [1.82, 2.24) is 0 Å². The van der Waals surface area contributed by atoms with Gasteiger partial charge in [-0.25, -0.2) is 4.39 Å². The maximum absolute atomic E-state index is 12.9.